The van der Waals surface area contributed by atoms with Crippen molar-refractivity contribution >= 4 is 34.7 Å². The first-order valence-electron chi connectivity index (χ1n) is 8.81. The molecule has 0 fully saturated rings. The molecule has 144 valence electrons. The second-order valence-electron chi connectivity index (χ2n) is 5.99. The smallest absolute Gasteiger partial charge is 0.257 e. The fourth-order valence-electron chi connectivity index (χ4n) is 2.68. The molecule has 0 saturated heterocycles. The lowest BCUT2D eigenvalue weighted by molar-refractivity contribution is -0.129. The van der Waals surface area contributed by atoms with E-state index in [4.69, 9.17) is 4.42 Å². The quantitative estimate of drug-likeness (QED) is 0.408. The SMILES string of the molecule is CCCN(Cc1nnc(-c2cccs2)o1)C(=O)CSc1nnc2ccccn12. The maximum atomic E-state index is 12.8. The highest BCUT2D eigenvalue weighted by Crippen LogP contribution is 2.23. The monoisotopic (exact) mass is 414 g/mol. The molecular formula is C18H18N6O2S2. The number of amides is 1. The number of hydrogen-bond donors (Lipinski definition) is 0. The topological polar surface area (TPSA) is 89.4 Å². The molecule has 0 aromatic carbocycles. The van der Waals surface area contributed by atoms with E-state index in [-0.39, 0.29) is 11.7 Å². The van der Waals surface area contributed by atoms with Gasteiger partial charge in [-0.25, -0.2) is 0 Å². The number of pyridine rings is 1. The predicted molar refractivity (Wildman–Crippen MR) is 107 cm³/mol. The Balaban J connectivity index is 1.41. The molecule has 4 aromatic heterocycles. The van der Waals surface area contributed by atoms with Crippen molar-refractivity contribution in [3.8, 4) is 10.8 Å². The van der Waals surface area contributed by atoms with Gasteiger partial charge in [0.15, 0.2) is 10.8 Å². The first kappa shape index (κ1) is 18.6. The van der Waals surface area contributed by atoms with Crippen LogP contribution in [0, 0.1) is 0 Å². The Morgan fingerprint density at radius 2 is 2.14 bits per heavy atom. The highest BCUT2D eigenvalue weighted by atomic mass is 32.2. The van der Waals surface area contributed by atoms with Gasteiger partial charge in [-0.05, 0) is 30.0 Å². The number of nitrogens with zero attached hydrogens (tertiary/aromatic N) is 6. The molecule has 0 aliphatic heterocycles. The number of carbonyl (C=O) groups is 1. The van der Waals surface area contributed by atoms with Crippen molar-refractivity contribution in [3.63, 3.8) is 0 Å². The maximum absolute atomic E-state index is 12.8. The third kappa shape index (κ3) is 4.07. The summed E-state index contributed by atoms with van der Waals surface area (Å²) in [4.78, 5) is 15.4. The van der Waals surface area contributed by atoms with Crippen LogP contribution in [0.3, 0.4) is 0 Å². The first-order valence-corrected chi connectivity index (χ1v) is 10.7. The largest absolute Gasteiger partial charge is 0.418 e. The zero-order valence-corrected chi connectivity index (χ0v) is 16.8. The molecule has 0 aliphatic carbocycles. The molecule has 0 aliphatic rings. The van der Waals surface area contributed by atoms with Gasteiger partial charge in [0.25, 0.3) is 5.89 Å². The molecule has 0 atom stereocenters. The van der Waals surface area contributed by atoms with Gasteiger partial charge >= 0.3 is 0 Å². The molecule has 0 bridgehead atoms. The Kier molecular flexibility index (Phi) is 5.68. The van der Waals surface area contributed by atoms with E-state index in [1.165, 1.54) is 23.1 Å². The second kappa shape index (κ2) is 8.53. The Morgan fingerprint density at radius 1 is 1.21 bits per heavy atom. The van der Waals surface area contributed by atoms with Gasteiger partial charge in [-0.15, -0.1) is 31.7 Å². The van der Waals surface area contributed by atoms with Crippen LogP contribution in [0.1, 0.15) is 19.2 Å². The molecular weight excluding hydrogens is 396 g/mol. The highest BCUT2D eigenvalue weighted by Gasteiger charge is 2.19. The van der Waals surface area contributed by atoms with Crippen LogP contribution < -0.4 is 0 Å². The van der Waals surface area contributed by atoms with Crippen LogP contribution in [0.15, 0.2) is 51.5 Å². The average Bonchev–Trinajstić information content (AvgIpc) is 3.46. The molecule has 0 spiro atoms. The third-order valence-electron chi connectivity index (χ3n) is 3.98. The van der Waals surface area contributed by atoms with E-state index in [1.807, 2.05) is 53.2 Å². The number of thioether (sulfide) groups is 1. The summed E-state index contributed by atoms with van der Waals surface area (Å²) < 4.78 is 7.59. The Bertz CT molecular complexity index is 1060. The second-order valence-corrected chi connectivity index (χ2v) is 7.88. The zero-order valence-electron chi connectivity index (χ0n) is 15.2. The Morgan fingerprint density at radius 3 is 2.96 bits per heavy atom. The molecule has 8 nitrogen and oxygen atoms in total. The van der Waals surface area contributed by atoms with Gasteiger partial charge < -0.3 is 9.32 Å². The fourth-order valence-corrected chi connectivity index (χ4v) is 4.15. The summed E-state index contributed by atoms with van der Waals surface area (Å²) in [5, 5.41) is 19.1. The van der Waals surface area contributed by atoms with Crippen molar-refractivity contribution in [1.82, 2.24) is 29.7 Å². The first-order chi connectivity index (χ1) is 13.7. The Labute approximate surface area is 169 Å². The lowest BCUT2D eigenvalue weighted by atomic mass is 10.4. The number of fused-ring (bicyclic) bond motifs is 1. The minimum absolute atomic E-state index is 0.00425. The summed E-state index contributed by atoms with van der Waals surface area (Å²) in [6.45, 7) is 2.95. The lowest BCUT2D eigenvalue weighted by Crippen LogP contribution is -2.32. The van der Waals surface area contributed by atoms with Crippen LogP contribution in [0.4, 0.5) is 0 Å². The van der Waals surface area contributed by atoms with Gasteiger partial charge in [-0.3, -0.25) is 9.20 Å². The van der Waals surface area contributed by atoms with Crippen molar-refractivity contribution in [2.24, 2.45) is 0 Å². The van der Waals surface area contributed by atoms with E-state index in [1.54, 1.807) is 4.90 Å². The van der Waals surface area contributed by atoms with Crippen LogP contribution >= 0.6 is 23.1 Å². The van der Waals surface area contributed by atoms with E-state index in [9.17, 15) is 4.79 Å². The highest BCUT2D eigenvalue weighted by molar-refractivity contribution is 7.99. The molecule has 4 aromatic rings. The number of aromatic nitrogens is 5. The summed E-state index contributed by atoms with van der Waals surface area (Å²) in [5.74, 6) is 1.18. The van der Waals surface area contributed by atoms with Gasteiger partial charge in [0.05, 0.1) is 17.2 Å². The van der Waals surface area contributed by atoms with Crippen LogP contribution in [0.5, 0.6) is 0 Å². The summed E-state index contributed by atoms with van der Waals surface area (Å²) in [6.07, 6.45) is 2.73. The predicted octanol–water partition coefficient (Wildman–Crippen LogP) is 3.37. The normalized spacial score (nSPS) is 11.2. The number of hydrogen-bond acceptors (Lipinski definition) is 8. The molecule has 0 saturated carbocycles. The maximum Gasteiger partial charge on any atom is 0.257 e. The summed E-state index contributed by atoms with van der Waals surface area (Å²) in [5.41, 5.74) is 0.759. The lowest BCUT2D eigenvalue weighted by Gasteiger charge is -2.19. The zero-order chi connectivity index (χ0) is 19.3. The van der Waals surface area contributed by atoms with Crippen molar-refractivity contribution in [2.45, 2.75) is 25.0 Å². The van der Waals surface area contributed by atoms with Gasteiger partial charge in [-0.2, -0.15) is 0 Å². The van der Waals surface area contributed by atoms with E-state index in [0.717, 1.165) is 16.9 Å². The molecule has 0 radical (unpaired) electrons. The molecule has 4 heterocycles. The van der Waals surface area contributed by atoms with Crippen LogP contribution in [0.25, 0.3) is 16.4 Å². The van der Waals surface area contributed by atoms with E-state index in [2.05, 4.69) is 20.4 Å². The molecule has 28 heavy (non-hydrogen) atoms. The molecule has 0 N–H and O–H groups in total. The molecule has 1 amide bonds. The minimum Gasteiger partial charge on any atom is -0.418 e. The van der Waals surface area contributed by atoms with Crippen LogP contribution in [-0.2, 0) is 11.3 Å². The molecule has 0 unspecified atom stereocenters. The standard InChI is InChI=1S/C18H18N6O2S2/c1-2-8-23(11-15-20-21-17(26-15)13-6-5-10-27-13)16(25)12-28-18-22-19-14-7-3-4-9-24(14)18/h3-7,9-10H,2,8,11-12H2,1H3. The third-order valence-corrected chi connectivity index (χ3v) is 5.76. The van der Waals surface area contributed by atoms with E-state index >= 15 is 0 Å². The van der Waals surface area contributed by atoms with Crippen molar-refractivity contribution < 1.29 is 9.21 Å². The van der Waals surface area contributed by atoms with Crippen LogP contribution in [0.2, 0.25) is 0 Å². The fraction of sp³-hybridized carbons (Fsp3) is 0.278. The number of carbonyl (C=O) groups excluding carboxylic acids is 1. The average molecular weight is 415 g/mol. The van der Waals surface area contributed by atoms with E-state index < -0.39 is 0 Å². The molecule has 10 heteroatoms. The van der Waals surface area contributed by atoms with Crippen molar-refractivity contribution in [2.75, 3.05) is 12.3 Å². The van der Waals surface area contributed by atoms with Crippen molar-refractivity contribution in [3.05, 3.63) is 47.8 Å². The number of rotatable bonds is 8. The summed E-state index contributed by atoms with van der Waals surface area (Å²) >= 11 is 2.90. The summed E-state index contributed by atoms with van der Waals surface area (Å²) in [7, 11) is 0. The Hall–Kier alpha value is -2.72. The van der Waals surface area contributed by atoms with Gasteiger partial charge in [-0.1, -0.05) is 30.8 Å². The summed E-state index contributed by atoms with van der Waals surface area (Å²) in [6, 6.07) is 9.55. The van der Waals surface area contributed by atoms with Crippen molar-refractivity contribution in [1.29, 1.82) is 0 Å². The molecule has 4 rings (SSSR count). The number of thiophene rings is 1. The van der Waals surface area contributed by atoms with Gasteiger partial charge in [0.2, 0.25) is 11.8 Å². The minimum atomic E-state index is -0.00425. The van der Waals surface area contributed by atoms with Gasteiger partial charge in [0.1, 0.15) is 0 Å². The van der Waals surface area contributed by atoms with E-state index in [0.29, 0.717) is 30.0 Å². The van der Waals surface area contributed by atoms with Gasteiger partial charge in [0, 0.05) is 12.7 Å². The van der Waals surface area contributed by atoms with Crippen LogP contribution in [-0.4, -0.2) is 47.9 Å².